The molecule has 0 saturated carbocycles. The molecule has 1 atom stereocenters. The molecule has 0 bridgehead atoms. The van der Waals surface area contributed by atoms with Crippen molar-refractivity contribution < 1.29 is 0 Å². The number of fused-ring (bicyclic) bond motifs is 7. The van der Waals surface area contributed by atoms with Crippen molar-refractivity contribution in [2.75, 3.05) is 0 Å². The monoisotopic (exact) mass is 610 g/mol. The van der Waals surface area contributed by atoms with Crippen molar-refractivity contribution in [3.05, 3.63) is 113 Å². The third-order valence-electron chi connectivity index (χ3n) is 8.26. The molecule has 42 heavy (non-hydrogen) atoms. The van der Waals surface area contributed by atoms with E-state index in [-0.39, 0.29) is 0 Å². The Labute approximate surface area is 253 Å². The van der Waals surface area contributed by atoms with Gasteiger partial charge in [-0.15, -0.1) is 0 Å². The number of halogens is 1. The van der Waals surface area contributed by atoms with E-state index in [9.17, 15) is 0 Å². The highest BCUT2D eigenvalue weighted by molar-refractivity contribution is 9.10. The van der Waals surface area contributed by atoms with E-state index in [4.69, 9.17) is 9.98 Å². The molecule has 7 rings (SSSR count). The van der Waals surface area contributed by atoms with Gasteiger partial charge >= 0.3 is 0 Å². The predicted molar refractivity (Wildman–Crippen MR) is 183 cm³/mol. The lowest BCUT2D eigenvalue weighted by Crippen LogP contribution is -1.95. The maximum Gasteiger partial charge on any atom is 0.140 e. The van der Waals surface area contributed by atoms with Crippen molar-refractivity contribution in [3.8, 4) is 11.4 Å². The van der Waals surface area contributed by atoms with Crippen LogP contribution >= 0.6 is 15.9 Å². The first-order valence-electron chi connectivity index (χ1n) is 14.4. The molecule has 0 spiro atoms. The number of aryl methyl sites for hydroxylation is 1. The number of hydrogen-bond acceptors (Lipinski definition) is 2. The molecule has 206 valence electrons. The maximum atomic E-state index is 5.13. The number of aromatic nitrogens is 3. The predicted octanol–water partition coefficient (Wildman–Crippen LogP) is 10.9. The maximum absolute atomic E-state index is 5.13. The smallest absolute Gasteiger partial charge is 0.140 e. The second-order valence-electron chi connectivity index (χ2n) is 11.1. The van der Waals surface area contributed by atoms with Crippen molar-refractivity contribution in [1.82, 2.24) is 15.0 Å². The van der Waals surface area contributed by atoms with Crippen LogP contribution < -0.4 is 0 Å². The van der Waals surface area contributed by atoms with Crippen LogP contribution in [0.1, 0.15) is 31.4 Å². The quantitative estimate of drug-likeness (QED) is 0.143. The number of para-hydroxylation sites is 1. The van der Waals surface area contributed by atoms with Crippen LogP contribution in [0.5, 0.6) is 0 Å². The van der Waals surface area contributed by atoms with E-state index < -0.39 is 0 Å². The molecule has 4 nitrogen and oxygen atoms in total. The van der Waals surface area contributed by atoms with E-state index in [1.54, 1.807) is 0 Å². The number of nitrogens with zero attached hydrogens (tertiary/aromatic N) is 2. The number of aromatic amines is 2. The molecule has 0 amide bonds. The Morgan fingerprint density at radius 1 is 0.905 bits per heavy atom. The van der Waals surface area contributed by atoms with Crippen molar-refractivity contribution in [1.29, 1.82) is 0 Å². The van der Waals surface area contributed by atoms with Crippen LogP contribution in [-0.2, 0) is 0 Å². The molecular weight excluding hydrogens is 580 g/mol. The number of rotatable bonds is 6. The zero-order valence-corrected chi connectivity index (χ0v) is 25.5. The number of hydrogen-bond donors (Lipinski definition) is 2. The van der Waals surface area contributed by atoms with Gasteiger partial charge in [0.05, 0.1) is 16.7 Å². The fraction of sp³-hybridized carbons (Fsp3) is 0.135. The molecule has 0 aliphatic carbocycles. The summed E-state index contributed by atoms with van der Waals surface area (Å²) >= 11 is 3.66. The van der Waals surface area contributed by atoms with Crippen molar-refractivity contribution in [2.24, 2.45) is 10.9 Å². The first-order chi connectivity index (χ1) is 20.5. The largest absolute Gasteiger partial charge is 0.360 e. The van der Waals surface area contributed by atoms with Gasteiger partial charge in [-0.2, -0.15) is 0 Å². The highest BCUT2D eigenvalue weighted by Crippen LogP contribution is 2.38. The van der Waals surface area contributed by atoms with Gasteiger partial charge in [0, 0.05) is 44.1 Å². The first kappa shape index (κ1) is 26.4. The van der Waals surface area contributed by atoms with Crippen molar-refractivity contribution in [2.45, 2.75) is 27.2 Å². The van der Waals surface area contributed by atoms with Gasteiger partial charge in [-0.05, 0) is 70.6 Å². The average molecular weight is 612 g/mol. The van der Waals surface area contributed by atoms with Crippen LogP contribution in [0.3, 0.4) is 0 Å². The number of nitrogens with one attached hydrogen (secondary N) is 2. The Morgan fingerprint density at radius 3 is 2.52 bits per heavy atom. The molecule has 0 aliphatic rings. The summed E-state index contributed by atoms with van der Waals surface area (Å²) in [4.78, 5) is 17.2. The Kier molecular flexibility index (Phi) is 6.75. The molecule has 0 aliphatic heterocycles. The summed E-state index contributed by atoms with van der Waals surface area (Å²) in [5.74, 6) is 1.32. The van der Waals surface area contributed by atoms with Crippen LogP contribution in [0.25, 0.3) is 60.4 Å². The van der Waals surface area contributed by atoms with Crippen LogP contribution in [0.4, 0.5) is 5.69 Å². The van der Waals surface area contributed by atoms with E-state index in [1.165, 1.54) is 16.5 Å². The van der Waals surface area contributed by atoms with Gasteiger partial charge in [-0.3, -0.25) is 4.99 Å². The molecule has 2 heterocycles. The normalized spacial score (nSPS) is 13.3. The number of aliphatic imine (C=N–C) groups is 1. The fourth-order valence-corrected chi connectivity index (χ4v) is 6.17. The zero-order chi connectivity index (χ0) is 28.8. The molecule has 0 fully saturated rings. The Hall–Kier alpha value is -4.48. The lowest BCUT2D eigenvalue weighted by molar-refractivity contribution is 0.700. The molecular formula is C37H31BrN4. The van der Waals surface area contributed by atoms with E-state index >= 15 is 0 Å². The minimum atomic E-state index is 0.449. The molecule has 5 aromatic carbocycles. The summed E-state index contributed by atoms with van der Waals surface area (Å²) in [5.41, 5.74) is 8.69. The summed E-state index contributed by atoms with van der Waals surface area (Å²) in [6, 6.07) is 29.8. The third-order valence-corrected chi connectivity index (χ3v) is 8.76. The van der Waals surface area contributed by atoms with Gasteiger partial charge in [0.2, 0.25) is 0 Å². The van der Waals surface area contributed by atoms with Gasteiger partial charge in [0.15, 0.2) is 0 Å². The SMILES string of the molecule is CCC(C)/C=C(/C=Nc1ccc2c(c1)c1ccccc1c1nc(-c3c[nH]c4ccccc34)[nH]c21)c1cc(Br)ccc1C. The van der Waals surface area contributed by atoms with Gasteiger partial charge in [0.25, 0.3) is 0 Å². The Morgan fingerprint density at radius 2 is 1.69 bits per heavy atom. The standard InChI is InChI=1S/C37H31BrN4/c1-4-22(2)17-24(31-18-25(38)14-13-23(31)3)20-39-26-15-16-30-32(19-26)27-9-5-6-11-29(27)35-36(30)42-37(41-35)33-21-40-34-12-8-7-10-28(33)34/h5-22,40H,4H2,1-3H3,(H,41,42)/b24-17-,39-20?. The van der Waals surface area contributed by atoms with Crippen molar-refractivity contribution >= 4 is 76.9 Å². The lowest BCUT2D eigenvalue weighted by Gasteiger charge is -2.11. The molecule has 7 aromatic rings. The van der Waals surface area contributed by atoms with Crippen LogP contribution in [0, 0.1) is 12.8 Å². The Bertz CT molecular complexity index is 2180. The highest BCUT2D eigenvalue weighted by Gasteiger charge is 2.16. The molecule has 0 radical (unpaired) electrons. The van der Waals surface area contributed by atoms with Crippen LogP contribution in [0.15, 0.2) is 107 Å². The minimum Gasteiger partial charge on any atom is -0.360 e. The zero-order valence-electron chi connectivity index (χ0n) is 23.9. The number of allylic oxidation sites excluding steroid dienone is 2. The highest BCUT2D eigenvalue weighted by atomic mass is 79.9. The van der Waals surface area contributed by atoms with Crippen molar-refractivity contribution in [3.63, 3.8) is 0 Å². The van der Waals surface area contributed by atoms with E-state index in [1.807, 2.05) is 18.5 Å². The second kappa shape index (κ2) is 10.7. The molecule has 0 saturated heterocycles. The molecule has 1 unspecified atom stereocenters. The topological polar surface area (TPSA) is 56.8 Å². The Balaban J connectivity index is 1.38. The van der Waals surface area contributed by atoms with Gasteiger partial charge in [-0.1, -0.05) is 96.9 Å². The number of imidazole rings is 1. The summed E-state index contributed by atoms with van der Waals surface area (Å²) in [6.45, 7) is 6.63. The molecule has 2 aromatic heterocycles. The van der Waals surface area contributed by atoms with Gasteiger partial charge < -0.3 is 9.97 Å². The van der Waals surface area contributed by atoms with E-state index in [0.29, 0.717) is 5.92 Å². The molecule has 2 N–H and O–H groups in total. The second-order valence-corrected chi connectivity index (χ2v) is 12.0. The van der Waals surface area contributed by atoms with Crippen LogP contribution in [-0.4, -0.2) is 21.2 Å². The lowest BCUT2D eigenvalue weighted by atomic mass is 9.96. The van der Waals surface area contributed by atoms with Crippen LogP contribution in [0.2, 0.25) is 0 Å². The first-order valence-corrected chi connectivity index (χ1v) is 15.2. The van der Waals surface area contributed by atoms with Gasteiger partial charge in [-0.25, -0.2) is 4.98 Å². The summed E-state index contributed by atoms with van der Waals surface area (Å²) in [6.07, 6.45) is 7.47. The summed E-state index contributed by atoms with van der Waals surface area (Å²) in [7, 11) is 0. The summed E-state index contributed by atoms with van der Waals surface area (Å²) in [5, 5.41) is 5.76. The average Bonchev–Trinajstić information content (AvgIpc) is 3.65. The van der Waals surface area contributed by atoms with Gasteiger partial charge in [0.1, 0.15) is 5.82 Å². The summed E-state index contributed by atoms with van der Waals surface area (Å²) < 4.78 is 1.07. The number of benzene rings is 5. The van der Waals surface area contributed by atoms with E-state index in [0.717, 1.165) is 71.6 Å². The minimum absolute atomic E-state index is 0.449. The third kappa shape index (κ3) is 4.64. The van der Waals surface area contributed by atoms with E-state index in [2.05, 4.69) is 132 Å². The molecule has 5 heteroatoms. The number of H-pyrrole nitrogens is 2. The fourth-order valence-electron chi connectivity index (χ4n) is 5.81.